The third-order valence-electron chi connectivity index (χ3n) is 3.01. The van der Waals surface area contributed by atoms with Crippen molar-refractivity contribution in [2.75, 3.05) is 12.7 Å². The molecule has 0 heterocycles. The van der Waals surface area contributed by atoms with Gasteiger partial charge in [-0.2, -0.15) is 4.89 Å². The first-order chi connectivity index (χ1) is 6.24. The van der Waals surface area contributed by atoms with E-state index in [-0.39, 0.29) is 5.92 Å². The minimum absolute atomic E-state index is 0.272. The fourth-order valence-electron chi connectivity index (χ4n) is 2.22. The van der Waals surface area contributed by atoms with Crippen LogP contribution in [0.15, 0.2) is 0 Å². The van der Waals surface area contributed by atoms with Gasteiger partial charge in [-0.3, -0.25) is 0 Å². The first kappa shape index (κ1) is 11.1. The van der Waals surface area contributed by atoms with Crippen LogP contribution in [0.1, 0.15) is 32.1 Å². The van der Waals surface area contributed by atoms with Gasteiger partial charge in [-0.1, -0.05) is 19.3 Å². The average molecular weight is 204 g/mol. The molecule has 4 heteroatoms. The van der Waals surface area contributed by atoms with Gasteiger partial charge in [0.25, 0.3) is 0 Å². The second-order valence-electron chi connectivity index (χ2n) is 3.93. The van der Waals surface area contributed by atoms with E-state index in [4.69, 9.17) is 10.6 Å². The fraction of sp³-hybridized carbons (Fsp3) is 1.00. The summed E-state index contributed by atoms with van der Waals surface area (Å²) in [5.74, 6) is 0.874. The molecule has 0 spiro atoms. The van der Waals surface area contributed by atoms with Crippen LogP contribution in [0.3, 0.4) is 0 Å². The lowest BCUT2D eigenvalue weighted by Crippen LogP contribution is -2.27. The Morgan fingerprint density at radius 2 is 2.00 bits per heavy atom. The Bertz CT molecular complexity index is 169. The molecule has 3 nitrogen and oxygen atoms in total. The molecule has 0 saturated heterocycles. The van der Waals surface area contributed by atoms with E-state index in [9.17, 15) is 4.57 Å². The molecular weight excluding hydrogens is 185 g/mol. The largest absolute Gasteiger partial charge is 0.505 e. The molecule has 13 heavy (non-hydrogen) atoms. The summed E-state index contributed by atoms with van der Waals surface area (Å²) in [5.41, 5.74) is 5.61. The maximum absolute atomic E-state index is 10.7. The van der Waals surface area contributed by atoms with Crippen LogP contribution in [-0.2, 0) is 4.57 Å². The smallest absolute Gasteiger partial charge is 0.330 e. The van der Waals surface area contributed by atoms with Gasteiger partial charge in [-0.25, -0.2) is 0 Å². The molecule has 0 aliphatic heterocycles. The van der Waals surface area contributed by atoms with Crippen molar-refractivity contribution in [3.8, 4) is 0 Å². The quantitative estimate of drug-likeness (QED) is 0.687. The zero-order valence-corrected chi connectivity index (χ0v) is 8.88. The summed E-state index contributed by atoms with van der Waals surface area (Å²) in [6, 6.07) is 0. The van der Waals surface area contributed by atoms with E-state index in [1.807, 2.05) is 0 Å². The lowest BCUT2D eigenvalue weighted by Gasteiger charge is -2.26. The Morgan fingerprint density at radius 1 is 1.38 bits per heavy atom. The zero-order valence-electron chi connectivity index (χ0n) is 7.98. The van der Waals surface area contributed by atoms with E-state index >= 15 is 0 Å². The fourth-order valence-corrected chi connectivity index (χ4v) is 3.07. The summed E-state index contributed by atoms with van der Waals surface area (Å²) in [4.78, 5) is 8.84. The minimum Gasteiger partial charge on any atom is -0.330 e. The van der Waals surface area contributed by atoms with Gasteiger partial charge < -0.3 is 5.73 Å². The van der Waals surface area contributed by atoms with E-state index in [0.717, 1.165) is 0 Å². The van der Waals surface area contributed by atoms with Crippen LogP contribution in [0.25, 0.3) is 0 Å². The molecule has 1 fully saturated rings. The molecule has 2 unspecified atom stereocenters. The first-order valence-electron chi connectivity index (χ1n) is 5.07. The SMILES string of the molecule is NCC(C[P+](=O)O)C1CCCCC1. The van der Waals surface area contributed by atoms with Crippen molar-refractivity contribution >= 4 is 8.03 Å². The van der Waals surface area contributed by atoms with Crippen LogP contribution in [0, 0.1) is 11.8 Å². The van der Waals surface area contributed by atoms with Crippen LogP contribution in [-0.4, -0.2) is 17.6 Å². The Hall–Kier alpha value is 0.0200. The van der Waals surface area contributed by atoms with Gasteiger partial charge in [0.15, 0.2) is 6.16 Å². The lowest BCUT2D eigenvalue weighted by molar-refractivity contribution is 0.268. The highest BCUT2D eigenvalue weighted by atomic mass is 31.1. The first-order valence-corrected chi connectivity index (χ1v) is 6.47. The zero-order chi connectivity index (χ0) is 9.68. The number of nitrogens with two attached hydrogens (primary N) is 1. The second-order valence-corrected chi connectivity index (χ2v) is 5.00. The molecule has 76 valence electrons. The topological polar surface area (TPSA) is 63.3 Å². The summed E-state index contributed by atoms with van der Waals surface area (Å²) < 4.78 is 10.7. The Kier molecular flexibility index (Phi) is 4.86. The van der Waals surface area contributed by atoms with E-state index in [1.54, 1.807) is 0 Å². The highest BCUT2D eigenvalue weighted by molar-refractivity contribution is 7.38. The molecule has 0 radical (unpaired) electrons. The van der Waals surface area contributed by atoms with E-state index in [2.05, 4.69) is 0 Å². The van der Waals surface area contributed by atoms with Crippen LogP contribution in [0.4, 0.5) is 0 Å². The summed E-state index contributed by atoms with van der Waals surface area (Å²) in [7, 11) is -2.00. The van der Waals surface area contributed by atoms with Crippen LogP contribution < -0.4 is 5.73 Å². The molecule has 1 rings (SSSR count). The standard InChI is InChI=1S/C9H18NO2P/c10-6-9(7-13(11)12)8-4-2-1-3-5-8/h8-9H,1-7,10H2/p+1. The molecule has 1 aliphatic carbocycles. The van der Waals surface area contributed by atoms with Crippen molar-refractivity contribution in [2.24, 2.45) is 17.6 Å². The summed E-state index contributed by atoms with van der Waals surface area (Å²) in [5, 5.41) is 0. The van der Waals surface area contributed by atoms with E-state index < -0.39 is 8.03 Å². The maximum atomic E-state index is 10.7. The van der Waals surface area contributed by atoms with Gasteiger partial charge in [0, 0.05) is 5.92 Å². The lowest BCUT2D eigenvalue weighted by atomic mass is 9.81. The summed E-state index contributed by atoms with van der Waals surface area (Å²) in [6.45, 7) is 0.562. The molecule has 0 amide bonds. The molecular formula is C9H19NO2P+. The summed E-state index contributed by atoms with van der Waals surface area (Å²) in [6.07, 6.45) is 6.65. The van der Waals surface area contributed by atoms with Crippen LogP contribution in [0.5, 0.6) is 0 Å². The van der Waals surface area contributed by atoms with E-state index in [0.29, 0.717) is 18.6 Å². The summed E-state index contributed by atoms with van der Waals surface area (Å²) >= 11 is 0. The molecule has 0 aromatic rings. The molecule has 1 aliphatic rings. The molecule has 1 saturated carbocycles. The van der Waals surface area contributed by atoms with Gasteiger partial charge in [0.2, 0.25) is 0 Å². The second kappa shape index (κ2) is 5.69. The van der Waals surface area contributed by atoms with Crippen molar-refractivity contribution in [1.29, 1.82) is 0 Å². The normalized spacial score (nSPS) is 22.8. The van der Waals surface area contributed by atoms with E-state index in [1.165, 1.54) is 32.1 Å². The molecule has 0 aromatic heterocycles. The number of hydrogen-bond donors (Lipinski definition) is 2. The van der Waals surface area contributed by atoms with Gasteiger partial charge >= 0.3 is 8.03 Å². The van der Waals surface area contributed by atoms with Gasteiger partial charge in [0.1, 0.15) is 0 Å². The van der Waals surface area contributed by atoms with Crippen molar-refractivity contribution in [1.82, 2.24) is 0 Å². The monoisotopic (exact) mass is 204 g/mol. The maximum Gasteiger partial charge on any atom is 0.505 e. The highest BCUT2D eigenvalue weighted by Gasteiger charge is 2.28. The third kappa shape index (κ3) is 3.72. The Morgan fingerprint density at radius 3 is 2.46 bits per heavy atom. The third-order valence-corrected chi connectivity index (χ3v) is 3.79. The number of rotatable bonds is 4. The van der Waals surface area contributed by atoms with Gasteiger partial charge in [-0.05, 0) is 29.9 Å². The van der Waals surface area contributed by atoms with Crippen LogP contribution >= 0.6 is 8.03 Å². The van der Waals surface area contributed by atoms with Crippen molar-refractivity contribution in [2.45, 2.75) is 32.1 Å². The number of hydrogen-bond acceptors (Lipinski definition) is 2. The van der Waals surface area contributed by atoms with Crippen LogP contribution in [0.2, 0.25) is 0 Å². The predicted octanol–water partition coefficient (Wildman–Crippen LogP) is 1.88. The highest BCUT2D eigenvalue weighted by Crippen LogP contribution is 2.33. The molecule has 2 atom stereocenters. The van der Waals surface area contributed by atoms with Crippen molar-refractivity contribution in [3.63, 3.8) is 0 Å². The Labute approximate surface area is 80.6 Å². The van der Waals surface area contributed by atoms with Crippen molar-refractivity contribution in [3.05, 3.63) is 0 Å². The molecule has 0 aromatic carbocycles. The average Bonchev–Trinajstić information content (AvgIpc) is 2.15. The minimum atomic E-state index is -2.00. The Balaban J connectivity index is 2.39. The van der Waals surface area contributed by atoms with Gasteiger partial charge in [-0.15, -0.1) is 0 Å². The molecule has 3 N–H and O–H groups in total. The molecule has 0 bridgehead atoms. The van der Waals surface area contributed by atoms with Crippen molar-refractivity contribution < 1.29 is 9.46 Å². The van der Waals surface area contributed by atoms with Gasteiger partial charge in [0.05, 0.1) is 0 Å². The predicted molar refractivity (Wildman–Crippen MR) is 53.8 cm³/mol.